The van der Waals surface area contributed by atoms with Gasteiger partial charge in [0.15, 0.2) is 0 Å². The van der Waals surface area contributed by atoms with Crippen molar-refractivity contribution in [2.24, 2.45) is 0 Å². The third kappa shape index (κ3) is 5.46. The molecule has 0 saturated heterocycles. The standard InChI is InChI=1S/C24H27FN2/c1-3-7-24-26-16-23(17-27-24)22-13-12-20-14-19(10-11-21(20)15-22)9-6-4-5-8-18(2)25/h3,10-18H,1,4-9H2,2H3. The van der Waals surface area contributed by atoms with Crippen molar-refractivity contribution < 1.29 is 4.39 Å². The first-order valence-corrected chi connectivity index (χ1v) is 9.74. The predicted molar refractivity (Wildman–Crippen MR) is 112 cm³/mol. The van der Waals surface area contributed by atoms with Gasteiger partial charge in [0.1, 0.15) is 5.82 Å². The lowest BCUT2D eigenvalue weighted by molar-refractivity contribution is 0.330. The molecule has 0 radical (unpaired) electrons. The predicted octanol–water partition coefficient (Wildman–Crippen LogP) is 6.49. The molecule has 0 aliphatic heterocycles. The van der Waals surface area contributed by atoms with Gasteiger partial charge >= 0.3 is 0 Å². The molecular formula is C24H27FN2. The number of nitrogens with zero attached hydrogens (tertiary/aromatic N) is 2. The highest BCUT2D eigenvalue weighted by atomic mass is 19.1. The molecule has 3 heteroatoms. The second kappa shape index (κ2) is 9.40. The summed E-state index contributed by atoms with van der Waals surface area (Å²) in [5, 5.41) is 2.47. The lowest BCUT2D eigenvalue weighted by Gasteiger charge is -2.07. The quantitative estimate of drug-likeness (QED) is 0.321. The van der Waals surface area contributed by atoms with Crippen LogP contribution in [0.25, 0.3) is 21.9 Å². The molecule has 0 bridgehead atoms. The zero-order valence-corrected chi connectivity index (χ0v) is 16.0. The average Bonchev–Trinajstić information content (AvgIpc) is 2.68. The number of hydrogen-bond donors (Lipinski definition) is 0. The van der Waals surface area contributed by atoms with E-state index in [1.807, 2.05) is 18.5 Å². The van der Waals surface area contributed by atoms with E-state index in [9.17, 15) is 4.39 Å². The van der Waals surface area contributed by atoms with E-state index in [1.54, 1.807) is 6.92 Å². The van der Waals surface area contributed by atoms with Gasteiger partial charge in [-0.05, 0) is 54.2 Å². The van der Waals surface area contributed by atoms with Crippen molar-refractivity contribution in [3.8, 4) is 11.1 Å². The molecule has 27 heavy (non-hydrogen) atoms. The van der Waals surface area contributed by atoms with Crippen molar-refractivity contribution in [1.82, 2.24) is 9.97 Å². The first-order valence-electron chi connectivity index (χ1n) is 9.74. The van der Waals surface area contributed by atoms with Crippen LogP contribution in [0.1, 0.15) is 44.0 Å². The highest BCUT2D eigenvalue weighted by molar-refractivity contribution is 5.87. The first kappa shape index (κ1) is 19.2. The van der Waals surface area contributed by atoms with Gasteiger partial charge < -0.3 is 0 Å². The fraction of sp³-hybridized carbons (Fsp3) is 0.333. The van der Waals surface area contributed by atoms with E-state index in [4.69, 9.17) is 0 Å². The molecule has 0 spiro atoms. The summed E-state index contributed by atoms with van der Waals surface area (Å²) in [6.45, 7) is 5.36. The number of fused-ring (bicyclic) bond motifs is 1. The summed E-state index contributed by atoms with van der Waals surface area (Å²) in [6.07, 6.45) is 10.5. The molecule has 140 valence electrons. The molecule has 2 nitrogen and oxygen atoms in total. The third-order valence-corrected chi connectivity index (χ3v) is 4.84. The Morgan fingerprint density at radius 2 is 1.70 bits per heavy atom. The van der Waals surface area contributed by atoms with Crippen molar-refractivity contribution >= 4 is 10.8 Å². The number of allylic oxidation sites excluding steroid dienone is 1. The molecule has 2 aromatic carbocycles. The monoisotopic (exact) mass is 362 g/mol. The second-order valence-electron chi connectivity index (χ2n) is 7.16. The van der Waals surface area contributed by atoms with Crippen LogP contribution in [0.3, 0.4) is 0 Å². The van der Waals surface area contributed by atoms with Gasteiger partial charge in [0.05, 0.1) is 6.17 Å². The summed E-state index contributed by atoms with van der Waals surface area (Å²) in [7, 11) is 0. The van der Waals surface area contributed by atoms with E-state index in [0.717, 1.165) is 42.6 Å². The van der Waals surface area contributed by atoms with Gasteiger partial charge in [-0.2, -0.15) is 0 Å². The summed E-state index contributed by atoms with van der Waals surface area (Å²) in [4.78, 5) is 8.79. The molecule has 1 atom stereocenters. The number of alkyl halides is 1. The van der Waals surface area contributed by atoms with Crippen LogP contribution in [0.4, 0.5) is 4.39 Å². The number of halogens is 1. The van der Waals surface area contributed by atoms with E-state index >= 15 is 0 Å². The van der Waals surface area contributed by atoms with Gasteiger partial charge in [-0.1, -0.05) is 49.2 Å². The molecule has 0 amide bonds. The smallest absolute Gasteiger partial charge is 0.131 e. The van der Waals surface area contributed by atoms with E-state index in [1.165, 1.54) is 16.3 Å². The van der Waals surface area contributed by atoms with Crippen LogP contribution in [-0.2, 0) is 12.8 Å². The minimum Gasteiger partial charge on any atom is -0.248 e. The Labute approximate surface area is 161 Å². The molecule has 1 aromatic heterocycles. The Hall–Kier alpha value is -2.55. The summed E-state index contributed by atoms with van der Waals surface area (Å²) >= 11 is 0. The van der Waals surface area contributed by atoms with Crippen LogP contribution in [0.5, 0.6) is 0 Å². The normalized spacial score (nSPS) is 12.2. The number of benzene rings is 2. The fourth-order valence-corrected chi connectivity index (χ4v) is 3.30. The van der Waals surface area contributed by atoms with Crippen LogP contribution < -0.4 is 0 Å². The molecule has 0 fully saturated rings. The van der Waals surface area contributed by atoms with Crippen molar-refractivity contribution in [3.05, 3.63) is 72.8 Å². The van der Waals surface area contributed by atoms with Crippen LogP contribution in [0.15, 0.2) is 61.4 Å². The van der Waals surface area contributed by atoms with E-state index in [0.29, 0.717) is 12.8 Å². The number of hydrogen-bond acceptors (Lipinski definition) is 2. The van der Waals surface area contributed by atoms with Crippen molar-refractivity contribution in [1.29, 1.82) is 0 Å². The Balaban J connectivity index is 1.66. The minimum atomic E-state index is -0.677. The van der Waals surface area contributed by atoms with Crippen molar-refractivity contribution in [2.45, 2.75) is 51.6 Å². The van der Waals surface area contributed by atoms with E-state index in [-0.39, 0.29) is 0 Å². The number of unbranched alkanes of at least 4 members (excludes halogenated alkanes) is 2. The Morgan fingerprint density at radius 3 is 2.44 bits per heavy atom. The van der Waals surface area contributed by atoms with Crippen molar-refractivity contribution in [2.75, 3.05) is 0 Å². The lowest BCUT2D eigenvalue weighted by atomic mass is 9.99. The van der Waals surface area contributed by atoms with Crippen LogP contribution >= 0.6 is 0 Å². The Kier molecular flexibility index (Phi) is 6.69. The summed E-state index contributed by atoms with van der Waals surface area (Å²) in [5.41, 5.74) is 3.50. The molecular weight excluding hydrogens is 335 g/mol. The Morgan fingerprint density at radius 1 is 0.963 bits per heavy atom. The van der Waals surface area contributed by atoms with Crippen molar-refractivity contribution in [3.63, 3.8) is 0 Å². The number of aryl methyl sites for hydroxylation is 1. The maximum atomic E-state index is 12.8. The lowest BCUT2D eigenvalue weighted by Crippen LogP contribution is -1.93. The highest BCUT2D eigenvalue weighted by Crippen LogP contribution is 2.25. The SMILES string of the molecule is C=CCc1ncc(-c2ccc3cc(CCCCCC(C)F)ccc3c2)cn1. The maximum absolute atomic E-state index is 12.8. The molecule has 3 aromatic rings. The first-order chi connectivity index (χ1) is 13.2. The van der Waals surface area contributed by atoms with E-state index in [2.05, 4.69) is 52.9 Å². The minimum absolute atomic E-state index is 0.677. The average molecular weight is 362 g/mol. The number of rotatable bonds is 9. The highest BCUT2D eigenvalue weighted by Gasteiger charge is 2.04. The zero-order valence-electron chi connectivity index (χ0n) is 16.0. The van der Waals surface area contributed by atoms with Gasteiger partial charge in [-0.25, -0.2) is 14.4 Å². The van der Waals surface area contributed by atoms with E-state index < -0.39 is 6.17 Å². The van der Waals surface area contributed by atoms with Gasteiger partial charge in [-0.15, -0.1) is 6.58 Å². The molecule has 3 rings (SSSR count). The molecule has 1 unspecified atom stereocenters. The largest absolute Gasteiger partial charge is 0.248 e. The summed E-state index contributed by atoms with van der Waals surface area (Å²) in [6, 6.07) is 13.1. The van der Waals surface area contributed by atoms with Crippen LogP contribution in [0.2, 0.25) is 0 Å². The van der Waals surface area contributed by atoms with Gasteiger partial charge in [0.25, 0.3) is 0 Å². The third-order valence-electron chi connectivity index (χ3n) is 4.84. The molecule has 1 heterocycles. The Bertz CT molecular complexity index is 885. The topological polar surface area (TPSA) is 25.8 Å². The maximum Gasteiger partial charge on any atom is 0.131 e. The summed E-state index contributed by atoms with van der Waals surface area (Å²) < 4.78 is 12.8. The van der Waals surface area contributed by atoms with Crippen LogP contribution in [-0.4, -0.2) is 16.1 Å². The second-order valence-corrected chi connectivity index (χ2v) is 7.16. The molecule has 0 aliphatic carbocycles. The molecule has 0 N–H and O–H groups in total. The number of aromatic nitrogens is 2. The van der Waals surface area contributed by atoms with Gasteiger partial charge in [-0.3, -0.25) is 0 Å². The van der Waals surface area contributed by atoms with Gasteiger partial charge in [0.2, 0.25) is 0 Å². The molecule has 0 saturated carbocycles. The summed E-state index contributed by atoms with van der Waals surface area (Å²) in [5.74, 6) is 0.792. The fourth-order valence-electron chi connectivity index (χ4n) is 3.30. The zero-order chi connectivity index (χ0) is 19.1. The molecule has 0 aliphatic rings. The van der Waals surface area contributed by atoms with Gasteiger partial charge in [0, 0.05) is 24.4 Å². The van der Waals surface area contributed by atoms with Crippen LogP contribution in [0, 0.1) is 0 Å².